The molecule has 1 unspecified atom stereocenters. The Balaban J connectivity index is 2.24. The SMILES string of the molecule is Cc1c2cc(C(C)(C)C)cc1CC([S+](C)C)c1cc(C(C)(C)C)cc(c1C)CCC2. The van der Waals surface area contributed by atoms with E-state index in [4.69, 9.17) is 0 Å². The molecular weight excluding hydrogens is 380 g/mol. The maximum Gasteiger partial charge on any atom is 0.147 e. The Labute approximate surface area is 189 Å². The maximum atomic E-state index is 2.55. The van der Waals surface area contributed by atoms with E-state index < -0.39 is 0 Å². The Morgan fingerprint density at radius 1 is 0.700 bits per heavy atom. The second-order valence-corrected chi connectivity index (χ2v) is 14.0. The van der Waals surface area contributed by atoms with Gasteiger partial charge in [0.15, 0.2) is 0 Å². The summed E-state index contributed by atoms with van der Waals surface area (Å²) < 4.78 is 0. The summed E-state index contributed by atoms with van der Waals surface area (Å²) in [6.45, 7) is 18.9. The van der Waals surface area contributed by atoms with Gasteiger partial charge in [-0.3, -0.25) is 0 Å². The molecule has 164 valence electrons. The van der Waals surface area contributed by atoms with Gasteiger partial charge in [0, 0.05) is 12.0 Å². The fourth-order valence-corrected chi connectivity index (χ4v) is 6.04. The molecule has 1 aliphatic carbocycles. The Hall–Kier alpha value is -1.21. The first-order valence-electron chi connectivity index (χ1n) is 11.6. The summed E-state index contributed by atoms with van der Waals surface area (Å²) in [4.78, 5) is 0. The van der Waals surface area contributed by atoms with Gasteiger partial charge in [-0.2, -0.15) is 0 Å². The van der Waals surface area contributed by atoms with Gasteiger partial charge in [0.2, 0.25) is 0 Å². The van der Waals surface area contributed by atoms with Crippen LogP contribution in [0.15, 0.2) is 24.3 Å². The third kappa shape index (κ3) is 4.82. The number of hydrogen-bond donors (Lipinski definition) is 0. The summed E-state index contributed by atoms with van der Waals surface area (Å²) >= 11 is 0. The van der Waals surface area contributed by atoms with Crippen LogP contribution in [0.25, 0.3) is 0 Å². The molecule has 4 bridgehead atoms. The molecule has 30 heavy (non-hydrogen) atoms. The van der Waals surface area contributed by atoms with E-state index in [0.717, 1.165) is 6.42 Å². The Morgan fingerprint density at radius 3 is 1.67 bits per heavy atom. The van der Waals surface area contributed by atoms with Crippen molar-refractivity contribution >= 4 is 10.9 Å². The number of rotatable bonds is 1. The molecule has 3 rings (SSSR count). The van der Waals surface area contributed by atoms with Crippen LogP contribution in [0.4, 0.5) is 0 Å². The predicted molar refractivity (Wildman–Crippen MR) is 137 cm³/mol. The van der Waals surface area contributed by atoms with Crippen molar-refractivity contribution in [1.82, 2.24) is 0 Å². The highest BCUT2D eigenvalue weighted by Crippen LogP contribution is 2.38. The fraction of sp³-hybridized carbons (Fsp3) is 0.586. The van der Waals surface area contributed by atoms with Crippen LogP contribution >= 0.6 is 0 Å². The van der Waals surface area contributed by atoms with Crippen LogP contribution in [-0.2, 0) is 41.0 Å². The van der Waals surface area contributed by atoms with Crippen molar-refractivity contribution < 1.29 is 0 Å². The monoisotopic (exact) mass is 423 g/mol. The summed E-state index contributed by atoms with van der Waals surface area (Å²) in [5.41, 5.74) is 12.8. The zero-order valence-corrected chi connectivity index (χ0v) is 21.9. The van der Waals surface area contributed by atoms with Gasteiger partial charge in [0.25, 0.3) is 0 Å². The molecule has 0 N–H and O–H groups in total. The highest BCUT2D eigenvalue weighted by atomic mass is 32.2. The lowest BCUT2D eigenvalue weighted by atomic mass is 9.81. The van der Waals surface area contributed by atoms with Gasteiger partial charge in [-0.1, -0.05) is 59.7 Å². The highest BCUT2D eigenvalue weighted by Gasteiger charge is 2.31. The topological polar surface area (TPSA) is 0 Å². The number of hydrogen-bond acceptors (Lipinski definition) is 0. The minimum absolute atomic E-state index is 0.189. The van der Waals surface area contributed by atoms with Gasteiger partial charge in [-0.15, -0.1) is 0 Å². The molecule has 0 spiro atoms. The van der Waals surface area contributed by atoms with Gasteiger partial charge in [-0.05, 0) is 99.8 Å². The molecule has 0 amide bonds. The fourth-order valence-electron chi connectivity index (χ4n) is 4.77. The van der Waals surface area contributed by atoms with Crippen molar-refractivity contribution in [3.63, 3.8) is 0 Å². The van der Waals surface area contributed by atoms with Crippen LogP contribution in [0.3, 0.4) is 0 Å². The zero-order chi connectivity index (χ0) is 22.4. The van der Waals surface area contributed by atoms with E-state index in [2.05, 4.69) is 92.2 Å². The largest absolute Gasteiger partial charge is 0.147 e. The highest BCUT2D eigenvalue weighted by molar-refractivity contribution is 7.95. The molecule has 0 fully saturated rings. The van der Waals surface area contributed by atoms with Crippen molar-refractivity contribution in [2.24, 2.45) is 0 Å². The molecule has 0 radical (unpaired) electrons. The quantitative estimate of drug-likeness (QED) is 0.415. The van der Waals surface area contributed by atoms with E-state index in [0.29, 0.717) is 16.1 Å². The summed E-state index contributed by atoms with van der Waals surface area (Å²) in [6.07, 6.45) is 9.65. The molecule has 1 atom stereocenters. The summed E-state index contributed by atoms with van der Waals surface area (Å²) in [7, 11) is 0.317. The first-order valence-corrected chi connectivity index (χ1v) is 13.7. The third-order valence-electron chi connectivity index (χ3n) is 7.12. The number of aryl methyl sites for hydroxylation is 2. The Bertz CT molecular complexity index is 919. The van der Waals surface area contributed by atoms with E-state index in [9.17, 15) is 0 Å². The molecule has 0 saturated carbocycles. The summed E-state index contributed by atoms with van der Waals surface area (Å²) in [5, 5.41) is 0.589. The van der Waals surface area contributed by atoms with Crippen LogP contribution in [0.5, 0.6) is 0 Å². The van der Waals surface area contributed by atoms with E-state index in [-0.39, 0.29) is 10.8 Å². The van der Waals surface area contributed by atoms with Crippen molar-refractivity contribution in [3.05, 3.63) is 68.8 Å². The molecule has 1 aliphatic rings. The van der Waals surface area contributed by atoms with Gasteiger partial charge >= 0.3 is 0 Å². The lowest BCUT2D eigenvalue weighted by Gasteiger charge is -2.26. The van der Waals surface area contributed by atoms with Gasteiger partial charge < -0.3 is 0 Å². The number of benzene rings is 2. The van der Waals surface area contributed by atoms with Gasteiger partial charge in [0.1, 0.15) is 5.25 Å². The van der Waals surface area contributed by atoms with Crippen LogP contribution < -0.4 is 0 Å². The lowest BCUT2D eigenvalue weighted by molar-refractivity contribution is 0.586. The molecule has 0 saturated heterocycles. The molecule has 0 aliphatic heterocycles. The van der Waals surface area contributed by atoms with Gasteiger partial charge in [0.05, 0.1) is 12.5 Å². The molecule has 0 aromatic heterocycles. The van der Waals surface area contributed by atoms with E-state index in [1.807, 2.05) is 0 Å². The van der Waals surface area contributed by atoms with Gasteiger partial charge in [-0.25, -0.2) is 0 Å². The molecular formula is C29H43S+. The third-order valence-corrected chi connectivity index (χ3v) is 8.68. The smallest absolute Gasteiger partial charge is 0.0561 e. The zero-order valence-electron chi connectivity index (χ0n) is 21.1. The van der Waals surface area contributed by atoms with Crippen LogP contribution in [0, 0.1) is 13.8 Å². The molecule has 2 aromatic carbocycles. The number of fused-ring (bicyclic) bond motifs is 4. The average molecular weight is 424 g/mol. The van der Waals surface area contributed by atoms with E-state index >= 15 is 0 Å². The lowest BCUT2D eigenvalue weighted by Crippen LogP contribution is -2.20. The summed E-state index contributed by atoms with van der Waals surface area (Å²) in [5.74, 6) is 0. The normalized spacial score (nSPS) is 17.8. The second kappa shape index (κ2) is 8.38. The first-order chi connectivity index (χ1) is 13.8. The standard InChI is InChI=1S/C29H43S/c1-19-21-12-11-13-22-15-25(29(6,7)8)18-26(20(22)2)27(30(9)10)17-23(19)16-24(14-21)28(3,4)5/h14-16,18,27H,11-13,17H2,1-10H3/q+1. The van der Waals surface area contributed by atoms with Crippen molar-refractivity contribution in [1.29, 1.82) is 0 Å². The average Bonchev–Trinajstić information content (AvgIpc) is 2.61. The molecule has 2 aromatic rings. The maximum absolute atomic E-state index is 2.55. The van der Waals surface area contributed by atoms with E-state index in [1.54, 1.807) is 33.4 Å². The second-order valence-electron chi connectivity index (χ2n) is 11.7. The Morgan fingerprint density at radius 2 is 1.17 bits per heavy atom. The summed E-state index contributed by atoms with van der Waals surface area (Å²) in [6, 6.07) is 10.1. The molecule has 1 heteroatoms. The Kier molecular flexibility index (Phi) is 6.55. The van der Waals surface area contributed by atoms with Crippen LogP contribution in [0.2, 0.25) is 0 Å². The van der Waals surface area contributed by atoms with Crippen LogP contribution in [0.1, 0.15) is 97.7 Å². The van der Waals surface area contributed by atoms with Crippen molar-refractivity contribution in [3.8, 4) is 0 Å². The van der Waals surface area contributed by atoms with Crippen LogP contribution in [-0.4, -0.2) is 12.5 Å². The first kappa shape index (κ1) is 23.5. The minimum atomic E-state index is 0.189. The molecule has 0 heterocycles. The minimum Gasteiger partial charge on any atom is -0.0561 e. The molecule has 0 nitrogen and oxygen atoms in total. The van der Waals surface area contributed by atoms with Crippen molar-refractivity contribution in [2.45, 2.75) is 97.2 Å². The van der Waals surface area contributed by atoms with E-state index in [1.165, 1.54) is 30.4 Å². The van der Waals surface area contributed by atoms with Crippen molar-refractivity contribution in [2.75, 3.05) is 12.5 Å². The predicted octanol–water partition coefficient (Wildman–Crippen LogP) is 7.55.